The number of para-hydroxylation sites is 1. The second-order valence-electron chi connectivity index (χ2n) is 4.28. The van der Waals surface area contributed by atoms with Crippen molar-refractivity contribution < 1.29 is 14.9 Å². The molecule has 0 saturated heterocycles. The summed E-state index contributed by atoms with van der Waals surface area (Å²) >= 11 is 0. The Hall–Kier alpha value is -1.48. The van der Waals surface area contributed by atoms with E-state index in [2.05, 4.69) is 0 Å². The van der Waals surface area contributed by atoms with Crippen LogP contribution in [-0.2, 0) is 0 Å². The van der Waals surface area contributed by atoms with Gasteiger partial charge in [-0.2, -0.15) is 0 Å². The van der Waals surface area contributed by atoms with Crippen molar-refractivity contribution in [2.45, 2.75) is 26.4 Å². The number of methoxy groups -OCH3 is 1. The number of hydrogen-bond acceptors (Lipinski definition) is 3. The third-order valence-corrected chi connectivity index (χ3v) is 2.59. The molecule has 0 fully saturated rings. The van der Waals surface area contributed by atoms with Gasteiger partial charge in [0.05, 0.1) is 12.7 Å². The zero-order chi connectivity index (χ0) is 12.3. The van der Waals surface area contributed by atoms with Crippen LogP contribution in [0.1, 0.15) is 26.3 Å². The molecule has 0 bridgehead atoms. The number of ether oxygens (including phenoxy) is 1. The van der Waals surface area contributed by atoms with Gasteiger partial charge in [0.1, 0.15) is 0 Å². The van der Waals surface area contributed by atoms with Crippen LogP contribution in [0.2, 0.25) is 0 Å². The Morgan fingerprint density at radius 3 is 2.50 bits per heavy atom. The van der Waals surface area contributed by atoms with Crippen LogP contribution in [0.25, 0.3) is 6.08 Å². The first-order valence-electron chi connectivity index (χ1n) is 5.13. The molecule has 88 valence electrons. The molecule has 1 rings (SSSR count). The van der Waals surface area contributed by atoms with Gasteiger partial charge in [-0.25, -0.2) is 0 Å². The van der Waals surface area contributed by atoms with Crippen LogP contribution >= 0.6 is 0 Å². The molecule has 0 aliphatic carbocycles. The van der Waals surface area contributed by atoms with E-state index in [1.54, 1.807) is 38.1 Å². The van der Waals surface area contributed by atoms with Crippen LogP contribution in [0.4, 0.5) is 0 Å². The molecular formula is C13H18O3. The molecule has 0 amide bonds. The average Bonchev–Trinajstić information content (AvgIpc) is 2.19. The minimum Gasteiger partial charge on any atom is -0.504 e. The third kappa shape index (κ3) is 2.76. The molecule has 0 aromatic heterocycles. The molecule has 0 aliphatic rings. The minimum absolute atomic E-state index is 0.0913. The van der Waals surface area contributed by atoms with E-state index < -0.39 is 5.60 Å². The maximum atomic E-state index is 9.85. The van der Waals surface area contributed by atoms with Crippen molar-refractivity contribution >= 4 is 6.08 Å². The number of rotatable bonds is 3. The minimum atomic E-state index is -0.893. The molecule has 0 heterocycles. The zero-order valence-electron chi connectivity index (χ0n) is 10.1. The van der Waals surface area contributed by atoms with Crippen LogP contribution in [0.3, 0.4) is 0 Å². The summed E-state index contributed by atoms with van der Waals surface area (Å²) in [5.41, 5.74) is 0.519. The topological polar surface area (TPSA) is 49.7 Å². The van der Waals surface area contributed by atoms with Crippen LogP contribution in [0.5, 0.6) is 11.5 Å². The first-order valence-corrected chi connectivity index (χ1v) is 5.13. The van der Waals surface area contributed by atoms with Crippen molar-refractivity contribution in [2.75, 3.05) is 7.11 Å². The van der Waals surface area contributed by atoms with Crippen LogP contribution in [0.15, 0.2) is 23.8 Å². The van der Waals surface area contributed by atoms with Crippen LogP contribution in [0, 0.1) is 0 Å². The summed E-state index contributed by atoms with van der Waals surface area (Å²) in [4.78, 5) is 0. The van der Waals surface area contributed by atoms with Crippen molar-refractivity contribution in [1.29, 1.82) is 0 Å². The Bertz CT molecular complexity index is 400. The van der Waals surface area contributed by atoms with Gasteiger partial charge in [0.2, 0.25) is 0 Å². The van der Waals surface area contributed by atoms with Gasteiger partial charge in [0.25, 0.3) is 0 Å². The van der Waals surface area contributed by atoms with E-state index in [9.17, 15) is 10.2 Å². The third-order valence-electron chi connectivity index (χ3n) is 2.59. The molecule has 1 aromatic carbocycles. The number of hydrogen-bond donors (Lipinski definition) is 2. The van der Waals surface area contributed by atoms with E-state index in [1.165, 1.54) is 7.11 Å². The lowest BCUT2D eigenvalue weighted by molar-refractivity contribution is 0.121. The van der Waals surface area contributed by atoms with Crippen molar-refractivity contribution in [2.24, 2.45) is 0 Å². The first-order chi connectivity index (χ1) is 7.36. The van der Waals surface area contributed by atoms with Gasteiger partial charge in [-0.15, -0.1) is 0 Å². The quantitative estimate of drug-likeness (QED) is 0.826. The zero-order valence-corrected chi connectivity index (χ0v) is 10.1. The number of benzene rings is 1. The van der Waals surface area contributed by atoms with Gasteiger partial charge in [-0.3, -0.25) is 0 Å². The van der Waals surface area contributed by atoms with Crippen molar-refractivity contribution in [1.82, 2.24) is 0 Å². The Balaban J connectivity index is 3.16. The van der Waals surface area contributed by atoms with Crippen molar-refractivity contribution in [3.05, 3.63) is 29.3 Å². The average molecular weight is 222 g/mol. The second kappa shape index (κ2) is 4.58. The van der Waals surface area contributed by atoms with Crippen LogP contribution < -0.4 is 4.74 Å². The van der Waals surface area contributed by atoms with Gasteiger partial charge < -0.3 is 14.9 Å². The molecule has 2 N–H and O–H groups in total. The summed E-state index contributed by atoms with van der Waals surface area (Å²) in [6, 6.07) is 5.25. The highest BCUT2D eigenvalue weighted by Crippen LogP contribution is 2.32. The van der Waals surface area contributed by atoms with Crippen molar-refractivity contribution in [3.8, 4) is 11.5 Å². The summed E-state index contributed by atoms with van der Waals surface area (Å²) in [7, 11) is 1.51. The number of phenols is 1. The van der Waals surface area contributed by atoms with Gasteiger partial charge in [-0.1, -0.05) is 12.1 Å². The van der Waals surface area contributed by atoms with Gasteiger partial charge in [-0.05, 0) is 38.5 Å². The van der Waals surface area contributed by atoms with Crippen LogP contribution in [-0.4, -0.2) is 22.9 Å². The van der Waals surface area contributed by atoms with E-state index in [4.69, 9.17) is 4.74 Å². The van der Waals surface area contributed by atoms with Gasteiger partial charge in [0.15, 0.2) is 11.5 Å². The lowest BCUT2D eigenvalue weighted by Crippen LogP contribution is -2.19. The normalized spacial score (nSPS) is 12.7. The molecule has 3 nitrogen and oxygen atoms in total. The van der Waals surface area contributed by atoms with Gasteiger partial charge in [0, 0.05) is 5.56 Å². The highest BCUT2D eigenvalue weighted by Gasteiger charge is 2.15. The smallest absolute Gasteiger partial charge is 0.165 e. The van der Waals surface area contributed by atoms with E-state index in [0.29, 0.717) is 11.3 Å². The second-order valence-corrected chi connectivity index (χ2v) is 4.28. The summed E-state index contributed by atoms with van der Waals surface area (Å²) in [6.45, 7) is 5.23. The summed E-state index contributed by atoms with van der Waals surface area (Å²) < 4.78 is 5.01. The Morgan fingerprint density at radius 1 is 1.38 bits per heavy atom. The molecule has 1 aromatic rings. The Kier molecular flexibility index (Phi) is 3.60. The first kappa shape index (κ1) is 12.6. The Labute approximate surface area is 96.0 Å². The highest BCUT2D eigenvalue weighted by molar-refractivity contribution is 5.64. The number of aliphatic hydroxyl groups is 1. The summed E-state index contributed by atoms with van der Waals surface area (Å²) in [6.07, 6.45) is 1.75. The molecular weight excluding hydrogens is 204 g/mol. The fourth-order valence-electron chi connectivity index (χ4n) is 1.23. The maximum Gasteiger partial charge on any atom is 0.165 e. The number of phenolic OH excluding ortho intramolecular Hbond substituents is 1. The molecule has 0 unspecified atom stereocenters. The highest BCUT2D eigenvalue weighted by atomic mass is 16.5. The molecule has 0 atom stereocenters. The standard InChI is InChI=1S/C13H18O3/c1-9(13(2,3)15)8-10-6-5-7-11(16-4)12(10)14/h5-8,14-15H,1-4H3. The fraction of sp³-hybridized carbons (Fsp3) is 0.385. The Morgan fingerprint density at radius 2 is 2.00 bits per heavy atom. The largest absolute Gasteiger partial charge is 0.504 e. The number of aromatic hydroxyl groups is 1. The van der Waals surface area contributed by atoms with E-state index in [0.717, 1.165) is 5.57 Å². The van der Waals surface area contributed by atoms with E-state index in [1.807, 2.05) is 6.92 Å². The van der Waals surface area contributed by atoms with E-state index >= 15 is 0 Å². The summed E-state index contributed by atoms with van der Waals surface area (Å²) in [5.74, 6) is 0.519. The monoisotopic (exact) mass is 222 g/mol. The maximum absolute atomic E-state index is 9.85. The molecule has 3 heteroatoms. The van der Waals surface area contributed by atoms with Crippen molar-refractivity contribution in [3.63, 3.8) is 0 Å². The molecule has 0 spiro atoms. The van der Waals surface area contributed by atoms with E-state index in [-0.39, 0.29) is 5.75 Å². The lowest BCUT2D eigenvalue weighted by Gasteiger charge is -2.18. The fourth-order valence-corrected chi connectivity index (χ4v) is 1.23. The predicted octanol–water partition coefficient (Wildman–Crippen LogP) is 2.58. The SMILES string of the molecule is COc1cccc(C=C(C)C(C)(C)O)c1O. The molecule has 0 radical (unpaired) electrons. The predicted molar refractivity (Wildman–Crippen MR) is 64.6 cm³/mol. The molecule has 16 heavy (non-hydrogen) atoms. The summed E-state index contributed by atoms with van der Waals surface area (Å²) in [5, 5.41) is 19.6. The van der Waals surface area contributed by atoms with Gasteiger partial charge >= 0.3 is 0 Å². The molecule has 0 saturated carbocycles. The molecule has 0 aliphatic heterocycles. The lowest BCUT2D eigenvalue weighted by atomic mass is 9.97.